The van der Waals surface area contributed by atoms with Gasteiger partial charge in [0.2, 0.25) is 11.8 Å². The van der Waals surface area contributed by atoms with Gasteiger partial charge in [0.25, 0.3) is 0 Å². The molecule has 27 heavy (non-hydrogen) atoms. The minimum atomic E-state index is -0.481. The Morgan fingerprint density at radius 1 is 1.22 bits per heavy atom. The number of carbonyl (C=O) groups excluding carboxylic acids is 2. The molecular weight excluding hydrogens is 384 g/mol. The highest BCUT2D eigenvalue weighted by molar-refractivity contribution is 8.23. The first kappa shape index (κ1) is 20.1. The molecule has 3 atom stereocenters. The molecule has 0 aromatic heterocycles. The Labute approximate surface area is 169 Å². The highest BCUT2D eigenvalue weighted by atomic mass is 32.2. The number of imide groups is 1. The maximum Gasteiger partial charge on any atom is 0.247 e. The van der Waals surface area contributed by atoms with Gasteiger partial charge < -0.3 is 14.4 Å². The Bertz CT molecular complexity index is 715. The molecule has 0 saturated carbocycles. The van der Waals surface area contributed by atoms with Crippen molar-refractivity contribution in [2.75, 3.05) is 24.6 Å². The molecule has 2 heterocycles. The predicted octanol–water partition coefficient (Wildman–Crippen LogP) is 2.84. The van der Waals surface area contributed by atoms with Crippen LogP contribution in [0.3, 0.4) is 0 Å². The van der Waals surface area contributed by atoms with Crippen LogP contribution in [0.1, 0.15) is 27.2 Å². The lowest BCUT2D eigenvalue weighted by Crippen LogP contribution is -2.47. The molecule has 2 amide bonds. The lowest BCUT2D eigenvalue weighted by molar-refractivity contribution is -0.121. The third kappa shape index (κ3) is 4.62. The van der Waals surface area contributed by atoms with E-state index in [1.54, 1.807) is 24.3 Å². The van der Waals surface area contributed by atoms with E-state index >= 15 is 0 Å². The molecule has 2 fully saturated rings. The number of ether oxygens (including phenoxy) is 2. The summed E-state index contributed by atoms with van der Waals surface area (Å²) in [5.74, 6) is 0.294. The van der Waals surface area contributed by atoms with Crippen molar-refractivity contribution in [1.82, 2.24) is 4.90 Å². The fraction of sp³-hybridized carbons (Fsp3) is 0.526. The zero-order chi connectivity index (χ0) is 19.6. The van der Waals surface area contributed by atoms with Crippen molar-refractivity contribution in [2.45, 2.75) is 44.6 Å². The van der Waals surface area contributed by atoms with Crippen molar-refractivity contribution >= 4 is 45.8 Å². The molecule has 2 aliphatic rings. The molecule has 8 heteroatoms. The standard InChI is InChI=1S/C19H24N2O4S2/c1-4-24-15-7-5-14(6-8-15)21-17(22)9-16(18(21)23)27-19(26)20-10-12(2)25-13(3)11-20/h5-8,12-13,16H,4,9-11H2,1-3H3/t12-,13-,16+/m1/s1. The van der Waals surface area contributed by atoms with E-state index in [-0.39, 0.29) is 30.4 Å². The molecule has 0 N–H and O–H groups in total. The molecule has 0 aliphatic carbocycles. The maximum atomic E-state index is 12.8. The number of hydrogen-bond acceptors (Lipinski definition) is 6. The largest absolute Gasteiger partial charge is 0.494 e. The zero-order valence-electron chi connectivity index (χ0n) is 15.7. The van der Waals surface area contributed by atoms with Crippen molar-refractivity contribution in [3.63, 3.8) is 0 Å². The van der Waals surface area contributed by atoms with E-state index in [4.69, 9.17) is 21.7 Å². The van der Waals surface area contributed by atoms with E-state index in [0.717, 1.165) is 0 Å². The SMILES string of the molecule is CCOc1ccc(N2C(=O)C[C@H](SC(=S)N3C[C@@H](C)O[C@H](C)C3)C2=O)cc1. The van der Waals surface area contributed by atoms with E-state index < -0.39 is 5.25 Å². The summed E-state index contributed by atoms with van der Waals surface area (Å²) in [5, 5.41) is -0.481. The van der Waals surface area contributed by atoms with Crippen LogP contribution >= 0.6 is 24.0 Å². The molecule has 3 rings (SSSR count). The predicted molar refractivity (Wildman–Crippen MR) is 110 cm³/mol. The van der Waals surface area contributed by atoms with E-state index in [0.29, 0.717) is 35.5 Å². The minimum Gasteiger partial charge on any atom is -0.494 e. The number of thioether (sulfide) groups is 1. The first-order valence-electron chi connectivity index (χ1n) is 9.09. The van der Waals surface area contributed by atoms with Crippen molar-refractivity contribution < 1.29 is 19.1 Å². The maximum absolute atomic E-state index is 12.8. The summed E-state index contributed by atoms with van der Waals surface area (Å²) in [5.41, 5.74) is 0.566. The van der Waals surface area contributed by atoms with Crippen LogP contribution < -0.4 is 9.64 Å². The summed E-state index contributed by atoms with van der Waals surface area (Å²) in [4.78, 5) is 28.6. The Morgan fingerprint density at radius 2 is 1.85 bits per heavy atom. The number of nitrogens with zero attached hydrogens (tertiary/aromatic N) is 2. The van der Waals surface area contributed by atoms with E-state index in [1.807, 2.05) is 20.8 Å². The number of hydrogen-bond donors (Lipinski definition) is 0. The Morgan fingerprint density at radius 3 is 2.44 bits per heavy atom. The van der Waals surface area contributed by atoms with Gasteiger partial charge in [-0.1, -0.05) is 24.0 Å². The summed E-state index contributed by atoms with van der Waals surface area (Å²) >= 11 is 6.85. The fourth-order valence-corrected chi connectivity index (χ4v) is 4.82. The monoisotopic (exact) mass is 408 g/mol. The third-order valence-electron chi connectivity index (χ3n) is 4.43. The van der Waals surface area contributed by atoms with Gasteiger partial charge >= 0.3 is 0 Å². The van der Waals surface area contributed by atoms with Gasteiger partial charge in [0, 0.05) is 19.5 Å². The van der Waals surface area contributed by atoms with Crippen LogP contribution in [0.5, 0.6) is 5.75 Å². The summed E-state index contributed by atoms with van der Waals surface area (Å²) in [6.45, 7) is 7.89. The normalized spacial score (nSPS) is 25.8. The van der Waals surface area contributed by atoms with Gasteiger partial charge in [-0.25, -0.2) is 4.90 Å². The molecule has 2 aliphatic heterocycles. The van der Waals surface area contributed by atoms with Gasteiger partial charge in [-0.2, -0.15) is 0 Å². The first-order valence-corrected chi connectivity index (χ1v) is 10.4. The average molecular weight is 409 g/mol. The van der Waals surface area contributed by atoms with Crippen molar-refractivity contribution in [2.24, 2.45) is 0 Å². The van der Waals surface area contributed by atoms with Crippen LogP contribution in [-0.4, -0.2) is 58.2 Å². The first-order chi connectivity index (χ1) is 12.9. The van der Waals surface area contributed by atoms with E-state index in [9.17, 15) is 9.59 Å². The Hall–Kier alpha value is -1.64. The van der Waals surface area contributed by atoms with Gasteiger partial charge in [-0.05, 0) is 45.0 Å². The third-order valence-corrected chi connectivity index (χ3v) is 6.09. The zero-order valence-corrected chi connectivity index (χ0v) is 17.3. The molecule has 0 spiro atoms. The van der Waals surface area contributed by atoms with Gasteiger partial charge in [0.15, 0.2) is 0 Å². The molecule has 0 bridgehead atoms. The van der Waals surface area contributed by atoms with Crippen LogP contribution in [0.25, 0.3) is 0 Å². The second-order valence-corrected chi connectivity index (χ2v) is 8.57. The molecule has 0 radical (unpaired) electrons. The van der Waals surface area contributed by atoms with Crippen LogP contribution in [0.15, 0.2) is 24.3 Å². The minimum absolute atomic E-state index is 0.0913. The van der Waals surface area contributed by atoms with Crippen molar-refractivity contribution in [3.05, 3.63) is 24.3 Å². The number of amides is 2. The second-order valence-electron chi connectivity index (χ2n) is 6.73. The van der Waals surface area contributed by atoms with Crippen molar-refractivity contribution in [1.29, 1.82) is 0 Å². The van der Waals surface area contributed by atoms with Gasteiger partial charge in [0.1, 0.15) is 15.3 Å². The summed E-state index contributed by atoms with van der Waals surface area (Å²) in [6, 6.07) is 7.00. The smallest absolute Gasteiger partial charge is 0.247 e. The molecule has 1 aromatic rings. The Kier molecular flexibility index (Phi) is 6.39. The summed E-state index contributed by atoms with van der Waals surface area (Å²) in [6.07, 6.45) is 0.342. The summed E-state index contributed by atoms with van der Waals surface area (Å²) < 4.78 is 11.8. The molecule has 146 valence electrons. The number of morpholine rings is 1. The molecule has 2 saturated heterocycles. The number of carbonyl (C=O) groups is 2. The van der Waals surface area contributed by atoms with Crippen LogP contribution in [0, 0.1) is 0 Å². The number of thiocarbonyl (C=S) groups is 1. The lowest BCUT2D eigenvalue weighted by Gasteiger charge is -2.36. The van der Waals surface area contributed by atoms with Crippen LogP contribution in [0.4, 0.5) is 5.69 Å². The average Bonchev–Trinajstić information content (AvgIpc) is 2.89. The van der Waals surface area contributed by atoms with Gasteiger partial charge in [0.05, 0.1) is 24.5 Å². The molecular formula is C19H24N2O4S2. The number of anilines is 1. The van der Waals surface area contributed by atoms with Crippen LogP contribution in [0.2, 0.25) is 0 Å². The lowest BCUT2D eigenvalue weighted by atomic mass is 10.2. The van der Waals surface area contributed by atoms with Crippen LogP contribution in [-0.2, 0) is 14.3 Å². The van der Waals surface area contributed by atoms with E-state index in [1.165, 1.54) is 16.7 Å². The number of benzene rings is 1. The molecule has 1 aromatic carbocycles. The summed E-state index contributed by atoms with van der Waals surface area (Å²) in [7, 11) is 0. The Balaban J connectivity index is 1.66. The van der Waals surface area contributed by atoms with E-state index in [2.05, 4.69) is 4.90 Å². The van der Waals surface area contributed by atoms with Crippen molar-refractivity contribution in [3.8, 4) is 5.75 Å². The number of rotatable bonds is 4. The van der Waals surface area contributed by atoms with Gasteiger partial charge in [-0.15, -0.1) is 0 Å². The highest BCUT2D eigenvalue weighted by Gasteiger charge is 2.41. The topological polar surface area (TPSA) is 59.1 Å². The van der Waals surface area contributed by atoms with Gasteiger partial charge in [-0.3, -0.25) is 9.59 Å². The quantitative estimate of drug-likeness (QED) is 0.561. The second kappa shape index (κ2) is 8.58. The fourth-order valence-electron chi connectivity index (χ4n) is 3.35. The molecule has 6 nitrogen and oxygen atoms in total. The molecule has 0 unspecified atom stereocenters. The highest BCUT2D eigenvalue weighted by Crippen LogP contribution is 2.32.